The Hall–Kier alpha value is -2.87. The molecule has 0 spiro atoms. The SMILES string of the molecule is [B]n1c(C(=C)/C(C#N)=C/B(C)C)cc2cc(C)c(NC(=O)OC(C)(C)C)cc21. The van der Waals surface area contributed by atoms with Gasteiger partial charge in [-0.1, -0.05) is 26.2 Å². The van der Waals surface area contributed by atoms with Crippen molar-refractivity contribution in [1.29, 1.82) is 5.26 Å². The molecule has 0 aliphatic rings. The molecule has 2 radical (unpaired) electrons. The van der Waals surface area contributed by atoms with Gasteiger partial charge in [-0.15, -0.1) is 0 Å². The van der Waals surface area contributed by atoms with E-state index in [1.54, 1.807) is 6.07 Å². The Morgan fingerprint density at radius 3 is 2.54 bits per heavy atom. The van der Waals surface area contributed by atoms with Crippen LogP contribution in [0, 0.1) is 18.3 Å². The maximum absolute atomic E-state index is 12.1. The van der Waals surface area contributed by atoms with Crippen LogP contribution in [0.5, 0.6) is 0 Å². The first-order chi connectivity index (χ1) is 12.9. The summed E-state index contributed by atoms with van der Waals surface area (Å²) in [6, 6.07) is 7.82. The molecule has 28 heavy (non-hydrogen) atoms. The zero-order valence-electron chi connectivity index (χ0n) is 17.4. The zero-order valence-corrected chi connectivity index (χ0v) is 17.4. The summed E-state index contributed by atoms with van der Waals surface area (Å²) in [7, 11) is 6.29. The largest absolute Gasteiger partial charge is 0.444 e. The van der Waals surface area contributed by atoms with Crippen molar-refractivity contribution >= 4 is 43.0 Å². The van der Waals surface area contributed by atoms with Crippen LogP contribution in [0.3, 0.4) is 0 Å². The van der Waals surface area contributed by atoms with Gasteiger partial charge in [-0.3, -0.25) is 5.32 Å². The minimum Gasteiger partial charge on any atom is -0.444 e. The third kappa shape index (κ3) is 4.89. The van der Waals surface area contributed by atoms with Crippen LogP contribution in [-0.4, -0.2) is 30.9 Å². The van der Waals surface area contributed by atoms with Crippen LogP contribution in [0.4, 0.5) is 10.5 Å². The van der Waals surface area contributed by atoms with Crippen molar-refractivity contribution in [2.24, 2.45) is 0 Å². The van der Waals surface area contributed by atoms with E-state index in [0.717, 1.165) is 16.5 Å². The van der Waals surface area contributed by atoms with Gasteiger partial charge in [-0.25, -0.2) is 4.79 Å². The number of allylic oxidation sites excluding steroid dienone is 2. The Morgan fingerprint density at radius 1 is 1.36 bits per heavy atom. The lowest BCUT2D eigenvalue weighted by atomic mass is 9.54. The number of hydrogen-bond acceptors (Lipinski definition) is 3. The van der Waals surface area contributed by atoms with Crippen molar-refractivity contribution in [3.8, 4) is 6.07 Å². The number of nitrogens with zero attached hydrogens (tertiary/aromatic N) is 2. The molecule has 1 N–H and O–H groups in total. The van der Waals surface area contributed by atoms with Gasteiger partial charge in [-0.05, 0) is 56.8 Å². The van der Waals surface area contributed by atoms with Gasteiger partial charge in [0.25, 0.3) is 0 Å². The van der Waals surface area contributed by atoms with Crippen molar-refractivity contribution < 1.29 is 9.53 Å². The molecule has 0 aliphatic heterocycles. The van der Waals surface area contributed by atoms with E-state index in [2.05, 4.69) is 18.0 Å². The molecule has 5 nitrogen and oxygen atoms in total. The molecule has 1 aromatic carbocycles. The summed E-state index contributed by atoms with van der Waals surface area (Å²) < 4.78 is 6.81. The molecule has 1 amide bonds. The van der Waals surface area contributed by atoms with Crippen molar-refractivity contribution in [2.75, 3.05) is 5.32 Å². The van der Waals surface area contributed by atoms with Crippen LogP contribution < -0.4 is 5.32 Å². The predicted octanol–water partition coefficient (Wildman–Crippen LogP) is 4.99. The number of anilines is 1. The van der Waals surface area contributed by atoms with Gasteiger partial charge >= 0.3 is 6.09 Å². The van der Waals surface area contributed by atoms with Crippen molar-refractivity contribution in [2.45, 2.75) is 46.9 Å². The number of nitriles is 1. The molecular formula is C21H25B2N3O2. The number of aryl methyl sites for hydroxylation is 1. The zero-order chi connectivity index (χ0) is 21.2. The summed E-state index contributed by atoms with van der Waals surface area (Å²) in [5.74, 6) is 1.86. The van der Waals surface area contributed by atoms with E-state index in [4.69, 9.17) is 12.7 Å². The number of carbonyl (C=O) groups excluding carboxylic acids is 1. The summed E-state index contributed by atoms with van der Waals surface area (Å²) in [6.07, 6.45) is -0.527. The van der Waals surface area contributed by atoms with Crippen LogP contribution in [0.15, 0.2) is 36.3 Å². The smallest absolute Gasteiger partial charge is 0.412 e. The van der Waals surface area contributed by atoms with Crippen LogP contribution >= 0.6 is 0 Å². The highest BCUT2D eigenvalue weighted by Gasteiger charge is 2.18. The summed E-state index contributed by atoms with van der Waals surface area (Å²) in [5, 5.41) is 13.1. The van der Waals surface area contributed by atoms with E-state index in [1.165, 1.54) is 4.48 Å². The van der Waals surface area contributed by atoms with Crippen LogP contribution in [0.25, 0.3) is 16.5 Å². The monoisotopic (exact) mass is 373 g/mol. The first-order valence-electron chi connectivity index (χ1n) is 9.15. The highest BCUT2D eigenvalue weighted by molar-refractivity contribution is 6.61. The van der Waals surface area contributed by atoms with Gasteiger partial charge in [0.15, 0.2) is 6.71 Å². The maximum atomic E-state index is 12.1. The first-order valence-corrected chi connectivity index (χ1v) is 9.15. The van der Waals surface area contributed by atoms with Crippen LogP contribution in [0.1, 0.15) is 32.0 Å². The van der Waals surface area contributed by atoms with Gasteiger partial charge in [0.2, 0.25) is 7.98 Å². The Labute approximate surface area is 168 Å². The molecule has 0 fully saturated rings. The van der Waals surface area contributed by atoms with Crippen LogP contribution in [0.2, 0.25) is 13.6 Å². The van der Waals surface area contributed by atoms with E-state index in [-0.39, 0.29) is 6.71 Å². The number of fused-ring (bicyclic) bond motifs is 1. The summed E-state index contributed by atoms with van der Waals surface area (Å²) in [4.78, 5) is 12.1. The minimum absolute atomic E-state index is 0.217. The lowest BCUT2D eigenvalue weighted by Gasteiger charge is -2.20. The highest BCUT2D eigenvalue weighted by atomic mass is 16.6. The third-order valence-corrected chi connectivity index (χ3v) is 4.08. The number of nitrogens with one attached hydrogen (secondary N) is 1. The van der Waals surface area contributed by atoms with Gasteiger partial charge in [-0.2, -0.15) is 5.26 Å². The highest BCUT2D eigenvalue weighted by Crippen LogP contribution is 2.31. The molecule has 0 saturated heterocycles. The number of ether oxygens (including phenoxy) is 1. The summed E-state index contributed by atoms with van der Waals surface area (Å²) in [5.41, 5.74) is 3.33. The fourth-order valence-corrected chi connectivity index (χ4v) is 2.85. The third-order valence-electron chi connectivity index (χ3n) is 4.08. The molecule has 2 aromatic rings. The molecule has 0 aliphatic carbocycles. The van der Waals surface area contributed by atoms with E-state index in [0.29, 0.717) is 22.5 Å². The normalized spacial score (nSPS) is 11.8. The average molecular weight is 373 g/mol. The molecule has 7 heteroatoms. The second-order valence-electron chi connectivity index (χ2n) is 8.17. The first kappa shape index (κ1) is 21.4. The lowest BCUT2D eigenvalue weighted by molar-refractivity contribution is 0.0636. The van der Waals surface area contributed by atoms with Crippen molar-refractivity contribution in [1.82, 2.24) is 4.48 Å². The molecule has 0 saturated carbocycles. The number of carbonyl (C=O) groups is 1. The minimum atomic E-state index is -0.586. The lowest BCUT2D eigenvalue weighted by Crippen LogP contribution is -2.27. The fourth-order valence-electron chi connectivity index (χ4n) is 2.85. The molecule has 1 aromatic heterocycles. The number of amides is 1. The average Bonchev–Trinajstić information content (AvgIpc) is 2.86. The van der Waals surface area contributed by atoms with Gasteiger partial charge in [0.05, 0.1) is 6.07 Å². The predicted molar refractivity (Wildman–Crippen MR) is 118 cm³/mol. The second kappa shape index (κ2) is 8.02. The molecule has 2 rings (SSSR count). The molecular weight excluding hydrogens is 348 g/mol. The van der Waals surface area contributed by atoms with Gasteiger partial charge in [0.1, 0.15) is 5.60 Å². The van der Waals surface area contributed by atoms with Crippen molar-refractivity contribution in [3.05, 3.63) is 47.6 Å². The quantitative estimate of drug-likeness (QED) is 0.467. The number of benzene rings is 1. The fraction of sp³-hybridized carbons (Fsp3) is 0.333. The Kier molecular flexibility index (Phi) is 6.14. The molecule has 142 valence electrons. The van der Waals surface area contributed by atoms with E-state index in [1.807, 2.05) is 59.4 Å². The summed E-state index contributed by atoms with van der Waals surface area (Å²) >= 11 is 0. The second-order valence-corrected chi connectivity index (χ2v) is 8.17. The molecule has 1 heterocycles. The topological polar surface area (TPSA) is 67.0 Å². The van der Waals surface area contributed by atoms with E-state index < -0.39 is 11.7 Å². The molecule has 0 unspecified atom stereocenters. The number of aromatic nitrogens is 1. The van der Waals surface area contributed by atoms with Crippen molar-refractivity contribution in [3.63, 3.8) is 0 Å². The van der Waals surface area contributed by atoms with E-state index >= 15 is 0 Å². The van der Waals surface area contributed by atoms with Gasteiger partial charge < -0.3 is 9.21 Å². The Morgan fingerprint density at radius 2 is 2.00 bits per heavy atom. The molecule has 0 bridgehead atoms. The maximum Gasteiger partial charge on any atom is 0.412 e. The number of rotatable bonds is 4. The van der Waals surface area contributed by atoms with E-state index in [9.17, 15) is 10.1 Å². The van der Waals surface area contributed by atoms with Crippen LogP contribution in [-0.2, 0) is 4.74 Å². The van der Waals surface area contributed by atoms with Gasteiger partial charge in [0, 0.05) is 28.0 Å². The summed E-state index contributed by atoms with van der Waals surface area (Å²) in [6.45, 7) is 15.6. The standard InChI is InChI=1S/C21H25B2N3O2/c1-13-8-15-9-18(14(2)16(12-24)11-23(6)7)26(22)19(15)10-17(13)25-20(27)28-21(3,4)5/h8-11H,2H2,1,3-7H3,(H,25,27)/b16-11+. The number of hydrogen-bond donors (Lipinski definition) is 1. The molecule has 0 atom stereocenters. The Balaban J connectivity index is 2.45. The Bertz CT molecular complexity index is 1010.